The third-order valence-electron chi connectivity index (χ3n) is 3.57. The first-order valence-electron chi connectivity index (χ1n) is 6.89. The van der Waals surface area contributed by atoms with Crippen molar-refractivity contribution < 1.29 is 49.0 Å². The Labute approximate surface area is 166 Å². The van der Waals surface area contributed by atoms with E-state index in [-0.39, 0.29) is 47.7 Å². The Hall–Kier alpha value is -0.460. The zero-order valence-electron chi connectivity index (χ0n) is 13.1. The standard InChI is InChI=1S/C16H17ClO4S.Na/c1-21-16(20)15-10(8-12(18)9-14(15)19)6-7-22-13-4-2-11(17)3-5-13;/h2-5,9-10,15,19H,6-8H2,1H3;/q;+1/p-1. The predicted octanol–water partition coefficient (Wildman–Crippen LogP) is -0.551. The van der Waals surface area contributed by atoms with Crippen LogP contribution in [0.4, 0.5) is 0 Å². The second-order valence-corrected chi connectivity index (χ2v) is 6.67. The van der Waals surface area contributed by atoms with Crippen LogP contribution in [0.2, 0.25) is 5.02 Å². The molecule has 0 aliphatic heterocycles. The molecule has 1 aliphatic rings. The maximum absolute atomic E-state index is 11.9. The first-order valence-corrected chi connectivity index (χ1v) is 8.25. The summed E-state index contributed by atoms with van der Waals surface area (Å²) in [5.41, 5.74) is 0. The summed E-state index contributed by atoms with van der Waals surface area (Å²) in [7, 11) is 1.26. The topological polar surface area (TPSA) is 66.4 Å². The molecule has 118 valence electrons. The minimum absolute atomic E-state index is 0. The van der Waals surface area contributed by atoms with Gasteiger partial charge in [0, 0.05) is 16.3 Å². The third-order valence-corrected chi connectivity index (χ3v) is 4.87. The number of hydrogen-bond donors (Lipinski definition) is 0. The van der Waals surface area contributed by atoms with Crippen LogP contribution in [-0.2, 0) is 14.3 Å². The Balaban J connectivity index is 0.00000264. The van der Waals surface area contributed by atoms with Gasteiger partial charge in [0.05, 0.1) is 13.0 Å². The van der Waals surface area contributed by atoms with Gasteiger partial charge in [-0.1, -0.05) is 11.6 Å². The van der Waals surface area contributed by atoms with Gasteiger partial charge in [0.1, 0.15) is 0 Å². The van der Waals surface area contributed by atoms with Gasteiger partial charge in [-0.05, 0) is 48.4 Å². The molecular weight excluding hydrogens is 347 g/mol. The molecule has 0 bridgehead atoms. The number of carbonyl (C=O) groups excluding carboxylic acids is 2. The van der Waals surface area contributed by atoms with Crippen molar-refractivity contribution >= 4 is 35.1 Å². The molecule has 1 aromatic carbocycles. The maximum atomic E-state index is 11.9. The molecule has 0 saturated carbocycles. The molecule has 0 saturated heterocycles. The number of methoxy groups -OCH3 is 1. The number of rotatable bonds is 5. The van der Waals surface area contributed by atoms with Gasteiger partial charge in [-0.15, -0.1) is 17.5 Å². The van der Waals surface area contributed by atoms with E-state index in [1.807, 2.05) is 24.3 Å². The van der Waals surface area contributed by atoms with Crippen molar-refractivity contribution in [1.82, 2.24) is 0 Å². The summed E-state index contributed by atoms with van der Waals surface area (Å²) in [5, 5.41) is 12.6. The first kappa shape index (κ1) is 20.6. The van der Waals surface area contributed by atoms with Gasteiger partial charge < -0.3 is 9.84 Å². The van der Waals surface area contributed by atoms with Crippen LogP contribution in [0.5, 0.6) is 0 Å². The fourth-order valence-corrected chi connectivity index (χ4v) is 3.59. The molecular formula is C16H16ClNaO4S. The van der Waals surface area contributed by atoms with Crippen LogP contribution in [-0.4, -0.2) is 24.6 Å². The van der Waals surface area contributed by atoms with Crippen LogP contribution in [0.15, 0.2) is 41.0 Å². The smallest absolute Gasteiger partial charge is 0.875 e. The predicted molar refractivity (Wildman–Crippen MR) is 83.5 cm³/mol. The van der Waals surface area contributed by atoms with Crippen molar-refractivity contribution in [2.45, 2.75) is 17.7 Å². The summed E-state index contributed by atoms with van der Waals surface area (Å²) in [5.74, 6) is -1.65. The van der Waals surface area contributed by atoms with E-state index in [0.717, 1.165) is 11.0 Å². The summed E-state index contributed by atoms with van der Waals surface area (Å²) in [4.78, 5) is 24.4. The molecule has 4 nitrogen and oxygen atoms in total. The molecule has 0 spiro atoms. The average molecular weight is 363 g/mol. The fraction of sp³-hybridized carbons (Fsp3) is 0.375. The van der Waals surface area contributed by atoms with E-state index in [1.165, 1.54) is 7.11 Å². The molecule has 1 aromatic rings. The number of halogens is 1. The normalized spacial score (nSPS) is 20.4. The van der Waals surface area contributed by atoms with E-state index in [0.29, 0.717) is 17.2 Å². The average Bonchev–Trinajstić information content (AvgIpc) is 2.48. The van der Waals surface area contributed by atoms with Crippen LogP contribution in [0.25, 0.3) is 0 Å². The summed E-state index contributed by atoms with van der Waals surface area (Å²) in [6.45, 7) is 0. The van der Waals surface area contributed by atoms with Gasteiger partial charge >= 0.3 is 35.5 Å². The van der Waals surface area contributed by atoms with E-state index in [1.54, 1.807) is 11.8 Å². The third kappa shape index (κ3) is 5.84. The molecule has 2 atom stereocenters. The molecule has 23 heavy (non-hydrogen) atoms. The van der Waals surface area contributed by atoms with Crippen molar-refractivity contribution in [3.63, 3.8) is 0 Å². The number of ketones is 1. The summed E-state index contributed by atoms with van der Waals surface area (Å²) in [6, 6.07) is 7.44. The number of esters is 1. The van der Waals surface area contributed by atoms with Gasteiger partial charge in [-0.25, -0.2) is 0 Å². The van der Waals surface area contributed by atoms with Crippen molar-refractivity contribution in [1.29, 1.82) is 0 Å². The maximum Gasteiger partial charge on any atom is 1.00 e. The van der Waals surface area contributed by atoms with Crippen LogP contribution < -0.4 is 34.7 Å². The zero-order chi connectivity index (χ0) is 16.1. The Morgan fingerprint density at radius 1 is 1.39 bits per heavy atom. The largest absolute Gasteiger partial charge is 1.00 e. The molecule has 0 amide bonds. The zero-order valence-corrected chi connectivity index (χ0v) is 16.7. The van der Waals surface area contributed by atoms with Crippen LogP contribution in [0.3, 0.4) is 0 Å². The molecule has 0 fully saturated rings. The van der Waals surface area contributed by atoms with Gasteiger partial charge in [0.25, 0.3) is 0 Å². The number of allylic oxidation sites excluding steroid dienone is 1. The van der Waals surface area contributed by atoms with E-state index in [4.69, 9.17) is 16.3 Å². The van der Waals surface area contributed by atoms with Gasteiger partial charge in [-0.3, -0.25) is 9.59 Å². The minimum atomic E-state index is -0.853. The Morgan fingerprint density at radius 3 is 2.65 bits per heavy atom. The molecule has 0 heterocycles. The molecule has 0 N–H and O–H groups in total. The number of hydrogen-bond acceptors (Lipinski definition) is 5. The number of thioether (sulfide) groups is 1. The Bertz CT molecular complexity index is 588. The second-order valence-electron chi connectivity index (χ2n) is 5.07. The Morgan fingerprint density at radius 2 is 2.04 bits per heavy atom. The van der Waals surface area contributed by atoms with Gasteiger partial charge in [0.2, 0.25) is 0 Å². The van der Waals surface area contributed by atoms with Gasteiger partial charge in [-0.2, -0.15) is 0 Å². The van der Waals surface area contributed by atoms with Crippen LogP contribution in [0.1, 0.15) is 12.8 Å². The van der Waals surface area contributed by atoms with Crippen molar-refractivity contribution in [3.05, 3.63) is 41.1 Å². The second kappa shape index (κ2) is 9.74. The Kier molecular flexibility index (Phi) is 8.72. The molecule has 2 rings (SSSR count). The van der Waals surface area contributed by atoms with Crippen molar-refractivity contribution in [3.8, 4) is 0 Å². The van der Waals surface area contributed by atoms with Crippen LogP contribution in [0, 0.1) is 11.8 Å². The van der Waals surface area contributed by atoms with Crippen molar-refractivity contribution in [2.75, 3.05) is 12.9 Å². The summed E-state index contributed by atoms with van der Waals surface area (Å²) in [6.07, 6.45) is 1.83. The fourth-order valence-electron chi connectivity index (χ4n) is 2.48. The molecule has 7 heteroatoms. The van der Waals surface area contributed by atoms with Crippen molar-refractivity contribution in [2.24, 2.45) is 11.8 Å². The van der Waals surface area contributed by atoms with E-state index < -0.39 is 17.6 Å². The molecule has 1 aliphatic carbocycles. The SMILES string of the molecule is COC(=O)C1C([O-])=CC(=O)CC1CCSc1ccc(Cl)cc1.[Na+]. The van der Waals surface area contributed by atoms with E-state index in [9.17, 15) is 14.7 Å². The first-order chi connectivity index (χ1) is 10.5. The van der Waals surface area contributed by atoms with E-state index in [2.05, 4.69) is 0 Å². The molecule has 0 aromatic heterocycles. The number of carbonyl (C=O) groups is 2. The quantitative estimate of drug-likeness (QED) is 0.399. The van der Waals surface area contributed by atoms with Gasteiger partial charge in [0.15, 0.2) is 5.78 Å². The summed E-state index contributed by atoms with van der Waals surface area (Å²) >= 11 is 7.43. The molecule has 0 radical (unpaired) electrons. The number of ether oxygens (including phenoxy) is 1. The summed E-state index contributed by atoms with van der Waals surface area (Å²) < 4.78 is 4.69. The monoisotopic (exact) mass is 362 g/mol. The minimum Gasteiger partial charge on any atom is -0.875 e. The molecule has 2 unspecified atom stereocenters. The van der Waals surface area contributed by atoms with E-state index >= 15 is 0 Å². The number of benzene rings is 1. The van der Waals surface area contributed by atoms with Crippen LogP contribution >= 0.6 is 23.4 Å².